The number of hydrogen-bond acceptors (Lipinski definition) is 4. The lowest BCUT2D eigenvalue weighted by molar-refractivity contribution is 0.0730. The van der Waals surface area contributed by atoms with Gasteiger partial charge in [0.15, 0.2) is 5.96 Å². The lowest BCUT2D eigenvalue weighted by Gasteiger charge is -2.26. The smallest absolute Gasteiger partial charge is 0.215 e. The van der Waals surface area contributed by atoms with E-state index in [1.54, 1.807) is 7.05 Å². The second-order valence-corrected chi connectivity index (χ2v) is 7.40. The number of ether oxygens (including phenoxy) is 1. The van der Waals surface area contributed by atoms with Gasteiger partial charge in [0.05, 0.1) is 19.0 Å². The van der Waals surface area contributed by atoms with Crippen LogP contribution in [0.15, 0.2) is 4.99 Å². The van der Waals surface area contributed by atoms with Crippen molar-refractivity contribution >= 4 is 16.0 Å². The topological polar surface area (TPSA) is 83.0 Å². The fourth-order valence-electron chi connectivity index (χ4n) is 2.23. The van der Waals surface area contributed by atoms with E-state index in [0.29, 0.717) is 38.8 Å². The second-order valence-electron chi connectivity index (χ2n) is 5.31. The monoisotopic (exact) mass is 334 g/mol. The molecule has 0 aliphatic carbocycles. The van der Waals surface area contributed by atoms with Crippen molar-refractivity contribution in [1.82, 2.24) is 14.9 Å². The molecule has 8 heteroatoms. The third-order valence-electron chi connectivity index (χ3n) is 3.56. The number of unbranched alkanes of at least 4 members (excludes halogenated alkanes) is 3. The van der Waals surface area contributed by atoms with Gasteiger partial charge in [0, 0.05) is 33.2 Å². The summed E-state index contributed by atoms with van der Waals surface area (Å²) in [6.07, 6.45) is 4.75. The molecular formula is C14H30N4O3S. The first kappa shape index (κ1) is 19.2. The quantitative estimate of drug-likeness (QED) is 0.362. The third kappa shape index (κ3) is 7.42. The molecule has 0 aromatic carbocycles. The van der Waals surface area contributed by atoms with E-state index in [1.165, 1.54) is 23.6 Å². The Hall–Kier alpha value is -0.860. The highest BCUT2D eigenvalue weighted by molar-refractivity contribution is 7.89. The van der Waals surface area contributed by atoms with E-state index in [-0.39, 0.29) is 5.75 Å². The molecule has 1 aliphatic rings. The molecule has 130 valence electrons. The van der Waals surface area contributed by atoms with Gasteiger partial charge >= 0.3 is 0 Å². The zero-order chi connectivity index (χ0) is 16.3. The highest BCUT2D eigenvalue weighted by Crippen LogP contribution is 2.04. The Bertz CT molecular complexity index is 420. The van der Waals surface area contributed by atoms with E-state index in [2.05, 4.69) is 22.5 Å². The number of morpholine rings is 1. The summed E-state index contributed by atoms with van der Waals surface area (Å²) in [6.45, 7) is 5.26. The van der Waals surface area contributed by atoms with Gasteiger partial charge in [-0.25, -0.2) is 8.42 Å². The van der Waals surface area contributed by atoms with Gasteiger partial charge in [-0.15, -0.1) is 0 Å². The molecule has 1 aliphatic heterocycles. The van der Waals surface area contributed by atoms with Gasteiger partial charge in [0.1, 0.15) is 0 Å². The van der Waals surface area contributed by atoms with Gasteiger partial charge in [-0.3, -0.25) is 4.99 Å². The van der Waals surface area contributed by atoms with Gasteiger partial charge in [-0.2, -0.15) is 4.31 Å². The standard InChI is InChI=1S/C14H30N4O3S/c1-3-4-5-6-7-16-14(15-2)17-8-13-22(19,20)18-9-11-21-12-10-18/h3-13H2,1-2H3,(H2,15,16,17). The number of nitrogens with one attached hydrogen (secondary N) is 2. The zero-order valence-electron chi connectivity index (χ0n) is 13.8. The minimum atomic E-state index is -3.21. The normalized spacial score (nSPS) is 17.5. The summed E-state index contributed by atoms with van der Waals surface area (Å²) in [5.41, 5.74) is 0. The summed E-state index contributed by atoms with van der Waals surface area (Å²) in [5.74, 6) is 0.734. The Kier molecular flexibility index (Phi) is 9.42. The fraction of sp³-hybridized carbons (Fsp3) is 0.929. The number of aliphatic imine (C=N–C) groups is 1. The summed E-state index contributed by atoms with van der Waals surface area (Å²) in [5, 5.41) is 6.26. The fourth-order valence-corrected chi connectivity index (χ4v) is 3.56. The predicted octanol–water partition coefficient (Wildman–Crippen LogP) is 0.394. The van der Waals surface area contributed by atoms with Gasteiger partial charge in [-0.05, 0) is 6.42 Å². The zero-order valence-corrected chi connectivity index (χ0v) is 14.6. The molecule has 0 aromatic heterocycles. The van der Waals surface area contributed by atoms with Crippen LogP contribution in [0, 0.1) is 0 Å². The van der Waals surface area contributed by atoms with Crippen LogP contribution in [0.3, 0.4) is 0 Å². The minimum Gasteiger partial charge on any atom is -0.379 e. The Morgan fingerprint density at radius 1 is 1.14 bits per heavy atom. The maximum Gasteiger partial charge on any atom is 0.215 e. The Balaban J connectivity index is 2.22. The summed E-state index contributed by atoms with van der Waals surface area (Å²) >= 11 is 0. The van der Waals surface area contributed by atoms with Crippen molar-refractivity contribution in [2.45, 2.75) is 32.6 Å². The number of hydrogen-bond donors (Lipinski definition) is 2. The molecule has 0 bridgehead atoms. The molecule has 0 saturated carbocycles. The van der Waals surface area contributed by atoms with Gasteiger partial charge < -0.3 is 15.4 Å². The lowest BCUT2D eigenvalue weighted by atomic mass is 10.2. The SMILES string of the molecule is CCCCCCNC(=NC)NCCS(=O)(=O)N1CCOCC1. The minimum absolute atomic E-state index is 0.0730. The van der Waals surface area contributed by atoms with Crippen molar-refractivity contribution in [2.75, 3.05) is 52.2 Å². The van der Waals surface area contributed by atoms with Crippen LogP contribution in [0.1, 0.15) is 32.6 Å². The number of guanidine groups is 1. The molecule has 1 saturated heterocycles. The van der Waals surface area contributed by atoms with Crippen LogP contribution >= 0.6 is 0 Å². The molecule has 1 heterocycles. The van der Waals surface area contributed by atoms with Crippen molar-refractivity contribution < 1.29 is 13.2 Å². The molecular weight excluding hydrogens is 304 g/mol. The van der Waals surface area contributed by atoms with Crippen molar-refractivity contribution in [3.05, 3.63) is 0 Å². The van der Waals surface area contributed by atoms with E-state index in [0.717, 1.165) is 13.0 Å². The van der Waals surface area contributed by atoms with Crippen LogP contribution in [-0.2, 0) is 14.8 Å². The summed E-state index contributed by atoms with van der Waals surface area (Å²) in [7, 11) is -1.52. The number of rotatable bonds is 9. The van der Waals surface area contributed by atoms with Crippen LogP contribution in [0.2, 0.25) is 0 Å². The first-order valence-electron chi connectivity index (χ1n) is 8.10. The molecule has 2 N–H and O–H groups in total. The van der Waals surface area contributed by atoms with E-state index in [1.807, 2.05) is 0 Å². The molecule has 7 nitrogen and oxygen atoms in total. The molecule has 0 amide bonds. The van der Waals surface area contributed by atoms with Crippen molar-refractivity contribution in [2.24, 2.45) is 4.99 Å². The van der Waals surface area contributed by atoms with Gasteiger partial charge in [0.25, 0.3) is 0 Å². The van der Waals surface area contributed by atoms with E-state index in [4.69, 9.17) is 4.74 Å². The Morgan fingerprint density at radius 3 is 2.45 bits per heavy atom. The molecule has 0 radical (unpaired) electrons. The molecule has 22 heavy (non-hydrogen) atoms. The van der Waals surface area contributed by atoms with Crippen LogP contribution in [0.4, 0.5) is 0 Å². The Labute approximate surface area is 134 Å². The van der Waals surface area contributed by atoms with Crippen LogP contribution in [0.25, 0.3) is 0 Å². The van der Waals surface area contributed by atoms with Crippen molar-refractivity contribution in [3.8, 4) is 0 Å². The Morgan fingerprint density at radius 2 is 1.82 bits per heavy atom. The lowest BCUT2D eigenvalue weighted by Crippen LogP contribution is -2.45. The average Bonchev–Trinajstić information content (AvgIpc) is 2.53. The molecule has 1 rings (SSSR count). The largest absolute Gasteiger partial charge is 0.379 e. The first-order valence-corrected chi connectivity index (χ1v) is 9.71. The maximum atomic E-state index is 12.2. The summed E-state index contributed by atoms with van der Waals surface area (Å²) in [4.78, 5) is 4.10. The van der Waals surface area contributed by atoms with E-state index < -0.39 is 10.0 Å². The molecule has 0 aromatic rings. The van der Waals surface area contributed by atoms with E-state index >= 15 is 0 Å². The predicted molar refractivity (Wildman–Crippen MR) is 89.7 cm³/mol. The highest BCUT2D eigenvalue weighted by atomic mass is 32.2. The number of nitrogens with zero attached hydrogens (tertiary/aromatic N) is 2. The number of sulfonamides is 1. The third-order valence-corrected chi connectivity index (χ3v) is 5.43. The van der Waals surface area contributed by atoms with Crippen LogP contribution in [-0.4, -0.2) is 70.9 Å². The first-order chi connectivity index (χ1) is 10.6. The van der Waals surface area contributed by atoms with Crippen molar-refractivity contribution in [1.29, 1.82) is 0 Å². The summed E-state index contributed by atoms with van der Waals surface area (Å²) in [6, 6.07) is 0. The molecule has 1 fully saturated rings. The molecule has 0 atom stereocenters. The van der Waals surface area contributed by atoms with Gasteiger partial charge in [0.2, 0.25) is 10.0 Å². The average molecular weight is 334 g/mol. The van der Waals surface area contributed by atoms with Gasteiger partial charge in [-0.1, -0.05) is 26.2 Å². The van der Waals surface area contributed by atoms with Crippen molar-refractivity contribution in [3.63, 3.8) is 0 Å². The van der Waals surface area contributed by atoms with E-state index in [9.17, 15) is 8.42 Å². The van der Waals surface area contributed by atoms with Crippen LogP contribution in [0.5, 0.6) is 0 Å². The molecule has 0 spiro atoms. The second kappa shape index (κ2) is 10.8. The maximum absolute atomic E-state index is 12.2. The molecule has 0 unspecified atom stereocenters. The highest BCUT2D eigenvalue weighted by Gasteiger charge is 2.23. The van der Waals surface area contributed by atoms with Crippen LogP contribution < -0.4 is 10.6 Å². The summed E-state index contributed by atoms with van der Waals surface area (Å²) < 4.78 is 31.0.